The molecule has 130 valence electrons. The molecule has 0 amide bonds. The van der Waals surface area contributed by atoms with E-state index in [0.29, 0.717) is 16.3 Å². The van der Waals surface area contributed by atoms with Gasteiger partial charge in [0.1, 0.15) is 16.5 Å². The maximum Gasteiger partial charge on any atom is 0.262 e. The van der Waals surface area contributed by atoms with Crippen LogP contribution < -0.4 is 5.56 Å². The van der Waals surface area contributed by atoms with Gasteiger partial charge in [-0.25, -0.2) is 13.8 Å². The summed E-state index contributed by atoms with van der Waals surface area (Å²) < 4.78 is 28.1. The van der Waals surface area contributed by atoms with Crippen molar-refractivity contribution in [1.29, 1.82) is 0 Å². The lowest BCUT2D eigenvalue weighted by atomic mass is 9.98. The van der Waals surface area contributed by atoms with E-state index in [-0.39, 0.29) is 17.7 Å². The fourth-order valence-electron chi connectivity index (χ4n) is 2.65. The third kappa shape index (κ3) is 3.37. The zero-order chi connectivity index (χ0) is 18.1. The first-order valence-electron chi connectivity index (χ1n) is 7.87. The summed E-state index contributed by atoms with van der Waals surface area (Å²) in [7, 11) is 0. The molecule has 3 rings (SSSR count). The first kappa shape index (κ1) is 17.4. The van der Waals surface area contributed by atoms with Gasteiger partial charge in [0, 0.05) is 23.4 Å². The molecule has 0 aliphatic heterocycles. The Hall–Kier alpha value is -2.41. The van der Waals surface area contributed by atoms with Crippen LogP contribution in [0.15, 0.2) is 35.4 Å². The molecule has 0 saturated carbocycles. The highest BCUT2D eigenvalue weighted by Gasteiger charge is 2.20. The van der Waals surface area contributed by atoms with Gasteiger partial charge in [-0.05, 0) is 24.6 Å². The predicted octanol–water partition coefficient (Wildman–Crippen LogP) is 3.82. The molecule has 0 saturated heterocycles. The van der Waals surface area contributed by atoms with Crippen molar-refractivity contribution < 1.29 is 13.6 Å². The number of thiophene rings is 1. The van der Waals surface area contributed by atoms with Crippen LogP contribution in [0.3, 0.4) is 0 Å². The Balaban J connectivity index is 1.88. The number of ketones is 1. The van der Waals surface area contributed by atoms with Gasteiger partial charge in [0.2, 0.25) is 0 Å². The summed E-state index contributed by atoms with van der Waals surface area (Å²) in [5, 5.41) is 0.525. The predicted molar refractivity (Wildman–Crippen MR) is 93.1 cm³/mol. The van der Waals surface area contributed by atoms with E-state index in [4.69, 9.17) is 0 Å². The summed E-state index contributed by atoms with van der Waals surface area (Å²) >= 11 is 1.47. The number of halogens is 2. The Labute approximate surface area is 146 Å². The second-order valence-corrected chi connectivity index (χ2v) is 6.99. The first-order valence-corrected chi connectivity index (χ1v) is 8.69. The number of Topliss-reactive ketones (excluding diaryl/α,β-unsaturated/α-hetero) is 1. The van der Waals surface area contributed by atoms with Gasteiger partial charge in [-0.3, -0.25) is 14.2 Å². The van der Waals surface area contributed by atoms with E-state index >= 15 is 0 Å². The first-order chi connectivity index (χ1) is 11.9. The molecule has 0 bridgehead atoms. The van der Waals surface area contributed by atoms with Gasteiger partial charge in [-0.2, -0.15) is 0 Å². The number of nitrogens with zero attached hydrogens (tertiary/aromatic N) is 2. The summed E-state index contributed by atoms with van der Waals surface area (Å²) in [5.74, 6) is -2.77. The fraction of sp³-hybridized carbons (Fsp3) is 0.278. The molecule has 1 atom stereocenters. The highest BCUT2D eigenvalue weighted by molar-refractivity contribution is 7.18. The van der Waals surface area contributed by atoms with Crippen LogP contribution >= 0.6 is 11.3 Å². The summed E-state index contributed by atoms with van der Waals surface area (Å²) in [5.41, 5.74) is -0.403. The molecule has 25 heavy (non-hydrogen) atoms. The highest BCUT2D eigenvalue weighted by atomic mass is 32.1. The molecule has 0 fully saturated rings. The average Bonchev–Trinajstić information content (AvgIpc) is 3.01. The lowest BCUT2D eigenvalue weighted by Crippen LogP contribution is -2.27. The molecule has 0 N–H and O–H groups in total. The second kappa shape index (κ2) is 6.84. The second-order valence-electron chi connectivity index (χ2n) is 5.88. The Morgan fingerprint density at radius 1 is 1.32 bits per heavy atom. The van der Waals surface area contributed by atoms with Gasteiger partial charge >= 0.3 is 0 Å². The van der Waals surface area contributed by atoms with Gasteiger partial charge in [-0.15, -0.1) is 11.3 Å². The molecule has 3 aromatic rings. The normalized spacial score (nSPS) is 12.5. The number of carbonyl (C=O) groups is 1. The number of benzene rings is 1. The molecule has 0 radical (unpaired) electrons. The standard InChI is InChI=1S/C18H16F2N2O2S/c1-3-12-7-14-17(25-12)21-9-22(18(14)24)8-10(2)16(23)13-5-4-11(19)6-15(13)20/h4-7,9-10H,3,8H2,1-2H3. The van der Waals surface area contributed by atoms with Crippen LogP contribution in [0.4, 0.5) is 8.78 Å². The zero-order valence-electron chi connectivity index (χ0n) is 13.8. The van der Waals surface area contributed by atoms with E-state index in [0.717, 1.165) is 23.4 Å². The monoisotopic (exact) mass is 362 g/mol. The van der Waals surface area contributed by atoms with Crippen LogP contribution in [0.5, 0.6) is 0 Å². The molecule has 1 aromatic carbocycles. The van der Waals surface area contributed by atoms with E-state index in [1.54, 1.807) is 6.92 Å². The lowest BCUT2D eigenvalue weighted by Gasteiger charge is -2.13. The molecule has 0 aliphatic carbocycles. The van der Waals surface area contributed by atoms with E-state index in [1.807, 2.05) is 13.0 Å². The van der Waals surface area contributed by atoms with Crippen LogP contribution in [0.25, 0.3) is 10.2 Å². The molecule has 1 unspecified atom stereocenters. The summed E-state index contributed by atoms with van der Waals surface area (Å²) in [6.07, 6.45) is 2.23. The SMILES string of the molecule is CCc1cc2c(=O)n(CC(C)C(=O)c3ccc(F)cc3F)cnc2s1. The smallest absolute Gasteiger partial charge is 0.262 e. The number of rotatable bonds is 5. The average molecular weight is 362 g/mol. The van der Waals surface area contributed by atoms with Gasteiger partial charge in [0.25, 0.3) is 5.56 Å². The molecule has 2 aromatic heterocycles. The van der Waals surface area contributed by atoms with Gasteiger partial charge < -0.3 is 0 Å². The van der Waals surface area contributed by atoms with Crippen molar-refractivity contribution in [3.8, 4) is 0 Å². The van der Waals surface area contributed by atoms with Crippen molar-refractivity contribution >= 4 is 27.3 Å². The van der Waals surface area contributed by atoms with Crippen LogP contribution in [0, 0.1) is 17.6 Å². The summed E-state index contributed by atoms with van der Waals surface area (Å²) in [6.45, 7) is 3.68. The zero-order valence-corrected chi connectivity index (χ0v) is 14.6. The van der Waals surface area contributed by atoms with Crippen LogP contribution in [-0.4, -0.2) is 15.3 Å². The molecular formula is C18H16F2N2O2S. The number of hydrogen-bond donors (Lipinski definition) is 0. The fourth-order valence-corrected chi connectivity index (χ4v) is 3.57. The van der Waals surface area contributed by atoms with Crippen molar-refractivity contribution in [3.63, 3.8) is 0 Å². The van der Waals surface area contributed by atoms with Crippen LogP contribution in [0.2, 0.25) is 0 Å². The largest absolute Gasteiger partial charge is 0.298 e. The summed E-state index contributed by atoms with van der Waals surface area (Å²) in [4.78, 5) is 31.0. The van der Waals surface area contributed by atoms with Crippen molar-refractivity contribution in [2.45, 2.75) is 26.8 Å². The van der Waals surface area contributed by atoms with Crippen LogP contribution in [-0.2, 0) is 13.0 Å². The van der Waals surface area contributed by atoms with Crippen molar-refractivity contribution in [1.82, 2.24) is 9.55 Å². The topological polar surface area (TPSA) is 52.0 Å². The van der Waals surface area contributed by atoms with E-state index in [9.17, 15) is 18.4 Å². The quantitative estimate of drug-likeness (QED) is 0.649. The van der Waals surface area contributed by atoms with Crippen molar-refractivity contribution in [3.05, 3.63) is 63.0 Å². The molecule has 0 spiro atoms. The van der Waals surface area contributed by atoms with Crippen molar-refractivity contribution in [2.24, 2.45) is 5.92 Å². The molecule has 0 aliphatic rings. The van der Waals surface area contributed by atoms with E-state index in [1.165, 1.54) is 22.2 Å². The number of aryl methyl sites for hydroxylation is 1. The number of carbonyl (C=O) groups excluding carboxylic acids is 1. The Bertz CT molecular complexity index is 1010. The minimum atomic E-state index is -0.900. The molecule has 7 heteroatoms. The third-order valence-electron chi connectivity index (χ3n) is 4.03. The van der Waals surface area contributed by atoms with Gasteiger partial charge in [-0.1, -0.05) is 13.8 Å². The minimum Gasteiger partial charge on any atom is -0.298 e. The third-order valence-corrected chi connectivity index (χ3v) is 5.22. The number of aromatic nitrogens is 2. The lowest BCUT2D eigenvalue weighted by molar-refractivity contribution is 0.0913. The maximum atomic E-state index is 13.8. The van der Waals surface area contributed by atoms with Crippen molar-refractivity contribution in [2.75, 3.05) is 0 Å². The van der Waals surface area contributed by atoms with Gasteiger partial charge in [0.05, 0.1) is 17.3 Å². The molecular weight excluding hydrogens is 346 g/mol. The maximum absolute atomic E-state index is 13.8. The van der Waals surface area contributed by atoms with Gasteiger partial charge in [0.15, 0.2) is 5.78 Å². The Morgan fingerprint density at radius 2 is 2.08 bits per heavy atom. The Morgan fingerprint density at radius 3 is 2.76 bits per heavy atom. The minimum absolute atomic E-state index is 0.0781. The summed E-state index contributed by atoms with van der Waals surface area (Å²) in [6, 6.07) is 4.66. The van der Waals surface area contributed by atoms with Crippen LogP contribution in [0.1, 0.15) is 29.1 Å². The number of hydrogen-bond acceptors (Lipinski definition) is 4. The van der Waals surface area contributed by atoms with E-state index < -0.39 is 23.3 Å². The molecule has 4 nitrogen and oxygen atoms in total. The number of fused-ring (bicyclic) bond motifs is 1. The van der Waals surface area contributed by atoms with E-state index in [2.05, 4.69) is 4.98 Å². The Kier molecular flexibility index (Phi) is 4.76. The highest BCUT2D eigenvalue weighted by Crippen LogP contribution is 2.21. The molecule has 2 heterocycles.